The van der Waals surface area contributed by atoms with Gasteiger partial charge in [-0.1, -0.05) is 53.4 Å². The van der Waals surface area contributed by atoms with Gasteiger partial charge in [0, 0.05) is 16.6 Å². The van der Waals surface area contributed by atoms with E-state index in [4.69, 9.17) is 21.1 Å². The second-order valence-electron chi connectivity index (χ2n) is 6.23. The van der Waals surface area contributed by atoms with E-state index in [-0.39, 0.29) is 12.4 Å². The normalized spacial score (nSPS) is 10.9. The van der Waals surface area contributed by atoms with Gasteiger partial charge in [-0.25, -0.2) is 4.39 Å². The Kier molecular flexibility index (Phi) is 9.39. The molecule has 0 bridgehead atoms. The van der Waals surface area contributed by atoms with E-state index in [1.165, 1.54) is 31.4 Å². The number of ether oxygens (including phenoxy) is 2. The summed E-state index contributed by atoms with van der Waals surface area (Å²) in [5, 5.41) is 3.80. The lowest BCUT2D eigenvalue weighted by Crippen LogP contribution is -2.15. The second kappa shape index (κ2) is 11.5. The highest BCUT2D eigenvalue weighted by Gasteiger charge is 2.12. The fourth-order valence-corrected chi connectivity index (χ4v) is 3.30. The average Bonchev–Trinajstić information content (AvgIpc) is 2.63. The molecule has 0 heterocycles. The van der Waals surface area contributed by atoms with Crippen LogP contribution in [0.5, 0.6) is 11.5 Å². The number of hydrogen-bond acceptors (Lipinski definition) is 3. The molecule has 2 rings (SSSR count). The molecule has 0 spiro atoms. The molecule has 2 aromatic carbocycles. The third-order valence-electron chi connectivity index (χ3n) is 4.08. The van der Waals surface area contributed by atoms with Gasteiger partial charge < -0.3 is 14.8 Å². The molecule has 0 saturated heterocycles. The highest BCUT2D eigenvalue weighted by atomic mass is 79.9. The molecule has 6 heteroatoms. The second-order valence-corrected chi connectivity index (χ2v) is 7.49. The monoisotopic (exact) mass is 457 g/mol. The van der Waals surface area contributed by atoms with Crippen LogP contribution in [-0.4, -0.2) is 13.2 Å². The molecule has 0 amide bonds. The minimum Gasteiger partial charge on any atom is -0.490 e. The van der Waals surface area contributed by atoms with E-state index < -0.39 is 0 Å². The molecule has 2 aromatic rings. The number of hydrogen-bond donors (Lipinski definition) is 1. The third kappa shape index (κ3) is 6.98. The number of unbranched alkanes of at least 4 members (excludes halogenated alkanes) is 2. The van der Waals surface area contributed by atoms with Gasteiger partial charge in [-0.15, -0.1) is 0 Å². The van der Waals surface area contributed by atoms with Crippen molar-refractivity contribution in [2.75, 3.05) is 13.2 Å². The molecule has 27 heavy (non-hydrogen) atoms. The molecule has 0 aliphatic rings. The van der Waals surface area contributed by atoms with E-state index in [1.807, 2.05) is 19.1 Å². The van der Waals surface area contributed by atoms with Crippen LogP contribution in [0, 0.1) is 5.82 Å². The van der Waals surface area contributed by atoms with Crippen molar-refractivity contribution in [3.8, 4) is 11.5 Å². The standard InChI is InChI=1S/C21H26BrClFNO2/c1-3-5-6-9-25-13-16-10-20(26-4-2)21(12-18(16)22)27-14-15-7-8-17(24)11-19(15)23/h7-8,10-12,25H,3-6,9,13-14H2,1-2H3. The van der Waals surface area contributed by atoms with Crippen LogP contribution < -0.4 is 14.8 Å². The van der Waals surface area contributed by atoms with Gasteiger partial charge in [0.05, 0.1) is 11.6 Å². The Morgan fingerprint density at radius 2 is 1.81 bits per heavy atom. The third-order valence-corrected chi connectivity index (χ3v) is 5.17. The zero-order valence-electron chi connectivity index (χ0n) is 15.8. The lowest BCUT2D eigenvalue weighted by molar-refractivity contribution is 0.269. The fourth-order valence-electron chi connectivity index (χ4n) is 2.61. The molecule has 0 aromatic heterocycles. The van der Waals surface area contributed by atoms with Crippen LogP contribution in [0.4, 0.5) is 4.39 Å². The van der Waals surface area contributed by atoms with E-state index >= 15 is 0 Å². The fraction of sp³-hybridized carbons (Fsp3) is 0.429. The summed E-state index contributed by atoms with van der Waals surface area (Å²) in [6.07, 6.45) is 3.62. The SMILES string of the molecule is CCCCCNCc1cc(OCC)c(OCc2ccc(F)cc2Cl)cc1Br. The van der Waals surface area contributed by atoms with E-state index in [0.717, 1.165) is 28.7 Å². The number of rotatable bonds is 11. The highest BCUT2D eigenvalue weighted by Crippen LogP contribution is 2.35. The summed E-state index contributed by atoms with van der Waals surface area (Å²) in [5.74, 6) is 0.945. The van der Waals surface area contributed by atoms with Crippen molar-refractivity contribution < 1.29 is 13.9 Å². The quantitative estimate of drug-likeness (QED) is 0.390. The average molecular weight is 459 g/mol. The maximum atomic E-state index is 13.2. The van der Waals surface area contributed by atoms with Gasteiger partial charge >= 0.3 is 0 Å². The molecule has 0 fully saturated rings. The molecule has 0 atom stereocenters. The van der Waals surface area contributed by atoms with Crippen molar-refractivity contribution in [2.24, 2.45) is 0 Å². The first-order valence-corrected chi connectivity index (χ1v) is 10.4. The molecular weight excluding hydrogens is 433 g/mol. The Morgan fingerprint density at radius 3 is 2.52 bits per heavy atom. The van der Waals surface area contributed by atoms with Gasteiger partial charge in [0.2, 0.25) is 0 Å². The van der Waals surface area contributed by atoms with Crippen molar-refractivity contribution in [3.63, 3.8) is 0 Å². The number of halogens is 3. The summed E-state index contributed by atoms with van der Waals surface area (Å²) in [6.45, 7) is 6.66. The van der Waals surface area contributed by atoms with Gasteiger partial charge in [-0.3, -0.25) is 0 Å². The Hall–Kier alpha value is -1.30. The van der Waals surface area contributed by atoms with E-state index in [1.54, 1.807) is 6.07 Å². The summed E-state index contributed by atoms with van der Waals surface area (Å²) >= 11 is 9.69. The molecule has 0 radical (unpaired) electrons. The predicted molar refractivity (Wildman–Crippen MR) is 112 cm³/mol. The lowest BCUT2D eigenvalue weighted by Gasteiger charge is -2.16. The van der Waals surface area contributed by atoms with Crippen molar-refractivity contribution in [2.45, 2.75) is 46.3 Å². The first-order valence-electron chi connectivity index (χ1n) is 9.27. The summed E-state index contributed by atoms with van der Waals surface area (Å²) < 4.78 is 25.8. The van der Waals surface area contributed by atoms with Crippen molar-refractivity contribution in [1.82, 2.24) is 5.32 Å². The first kappa shape index (κ1) is 22.0. The topological polar surface area (TPSA) is 30.5 Å². The summed E-state index contributed by atoms with van der Waals surface area (Å²) in [5.41, 5.74) is 1.83. The molecule has 0 aliphatic heterocycles. The minimum atomic E-state index is -0.364. The van der Waals surface area contributed by atoms with Crippen LogP contribution in [0.3, 0.4) is 0 Å². The molecular formula is C21H26BrClFNO2. The largest absolute Gasteiger partial charge is 0.490 e. The molecule has 0 unspecified atom stereocenters. The molecule has 148 valence electrons. The minimum absolute atomic E-state index is 0.236. The number of benzene rings is 2. The molecule has 0 saturated carbocycles. The van der Waals surface area contributed by atoms with Crippen molar-refractivity contribution >= 4 is 27.5 Å². The summed E-state index contributed by atoms with van der Waals surface area (Å²) in [6, 6.07) is 8.18. The van der Waals surface area contributed by atoms with Gasteiger partial charge in [-0.2, -0.15) is 0 Å². The Bertz CT molecular complexity index is 742. The van der Waals surface area contributed by atoms with Crippen LogP contribution in [0.1, 0.15) is 44.2 Å². The summed E-state index contributed by atoms with van der Waals surface area (Å²) in [7, 11) is 0. The highest BCUT2D eigenvalue weighted by molar-refractivity contribution is 9.10. The zero-order valence-corrected chi connectivity index (χ0v) is 18.1. The molecule has 3 nitrogen and oxygen atoms in total. The van der Waals surface area contributed by atoms with E-state index in [0.29, 0.717) is 23.1 Å². The van der Waals surface area contributed by atoms with Crippen molar-refractivity contribution in [3.05, 3.63) is 56.8 Å². The molecule has 0 aliphatic carbocycles. The smallest absolute Gasteiger partial charge is 0.162 e. The van der Waals surface area contributed by atoms with Crippen LogP contribution in [0.15, 0.2) is 34.8 Å². The maximum absolute atomic E-state index is 13.2. The Labute approximate surface area is 174 Å². The number of nitrogens with one attached hydrogen (secondary N) is 1. The van der Waals surface area contributed by atoms with Gasteiger partial charge in [-0.05, 0) is 49.7 Å². The van der Waals surface area contributed by atoms with Gasteiger partial charge in [0.15, 0.2) is 11.5 Å². The molecule has 1 N–H and O–H groups in total. The van der Waals surface area contributed by atoms with E-state index in [9.17, 15) is 4.39 Å². The lowest BCUT2D eigenvalue weighted by atomic mass is 10.2. The van der Waals surface area contributed by atoms with Gasteiger partial charge in [0.1, 0.15) is 12.4 Å². The first-order chi connectivity index (χ1) is 13.0. The zero-order chi connectivity index (χ0) is 19.6. The van der Waals surface area contributed by atoms with Crippen LogP contribution >= 0.6 is 27.5 Å². The Balaban J connectivity index is 2.07. The van der Waals surface area contributed by atoms with E-state index in [2.05, 4.69) is 28.2 Å². The maximum Gasteiger partial charge on any atom is 0.162 e. The van der Waals surface area contributed by atoms with Crippen LogP contribution in [0.25, 0.3) is 0 Å². The van der Waals surface area contributed by atoms with Crippen LogP contribution in [-0.2, 0) is 13.2 Å². The van der Waals surface area contributed by atoms with Gasteiger partial charge in [0.25, 0.3) is 0 Å². The van der Waals surface area contributed by atoms with Crippen LogP contribution in [0.2, 0.25) is 5.02 Å². The predicted octanol–water partition coefficient (Wildman–Crippen LogP) is 6.50. The van der Waals surface area contributed by atoms with Crippen molar-refractivity contribution in [1.29, 1.82) is 0 Å². The summed E-state index contributed by atoms with van der Waals surface area (Å²) in [4.78, 5) is 0. The Morgan fingerprint density at radius 1 is 1.04 bits per heavy atom.